The smallest absolute Gasteiger partial charge is 0.325 e. The lowest BCUT2D eigenvalue weighted by Gasteiger charge is -2.10. The maximum Gasteiger partial charge on any atom is 0.325 e. The van der Waals surface area contributed by atoms with Gasteiger partial charge in [0.1, 0.15) is 6.04 Å². The molecular weight excluding hydrogens is 200 g/mol. The van der Waals surface area contributed by atoms with Gasteiger partial charge in [0.15, 0.2) is 0 Å². The van der Waals surface area contributed by atoms with E-state index in [1.807, 2.05) is 6.92 Å². The second kappa shape index (κ2) is 8.05. The summed E-state index contributed by atoms with van der Waals surface area (Å²) in [5.41, 5.74) is 0. The largest absolute Gasteiger partial charge is 0.480 e. The van der Waals surface area contributed by atoms with Gasteiger partial charge in [0.25, 0.3) is 0 Å². The molecule has 0 spiro atoms. The molecule has 88 valence electrons. The third-order valence-corrected chi connectivity index (χ3v) is 1.67. The number of carbonyl (C=O) groups is 2. The van der Waals surface area contributed by atoms with Crippen molar-refractivity contribution in [1.29, 1.82) is 0 Å². The minimum absolute atomic E-state index is 0.470. The van der Waals surface area contributed by atoms with E-state index in [4.69, 9.17) is 9.84 Å². The number of ether oxygens (including phenoxy) is 1. The highest BCUT2D eigenvalue weighted by atomic mass is 16.5. The Balaban J connectivity index is 3.45. The van der Waals surface area contributed by atoms with E-state index in [9.17, 15) is 9.59 Å². The maximum absolute atomic E-state index is 11.1. The predicted molar refractivity (Wildman–Crippen MR) is 54.7 cm³/mol. The molecule has 1 atom stereocenters. The van der Waals surface area contributed by atoms with E-state index in [2.05, 4.69) is 10.6 Å². The molecule has 0 aliphatic carbocycles. The van der Waals surface area contributed by atoms with E-state index < -0.39 is 18.0 Å². The molecule has 0 rings (SSSR count). The molecule has 0 fully saturated rings. The third-order valence-electron chi connectivity index (χ3n) is 1.67. The second-order valence-electron chi connectivity index (χ2n) is 3.01. The van der Waals surface area contributed by atoms with Crippen molar-refractivity contribution in [2.24, 2.45) is 0 Å². The number of urea groups is 1. The first-order chi connectivity index (χ1) is 7.07. The molecule has 2 amide bonds. The third kappa shape index (κ3) is 7.75. The zero-order valence-corrected chi connectivity index (χ0v) is 9.08. The fraction of sp³-hybridized carbons (Fsp3) is 0.778. The summed E-state index contributed by atoms with van der Waals surface area (Å²) in [4.78, 5) is 21.5. The Bertz CT molecular complexity index is 208. The monoisotopic (exact) mass is 218 g/mol. The molecule has 6 heteroatoms. The molecule has 0 radical (unpaired) electrons. The Morgan fingerprint density at radius 1 is 1.47 bits per heavy atom. The lowest BCUT2D eigenvalue weighted by molar-refractivity contribution is -0.138. The van der Waals surface area contributed by atoms with Crippen molar-refractivity contribution in [1.82, 2.24) is 10.6 Å². The summed E-state index contributed by atoms with van der Waals surface area (Å²) < 4.78 is 5.07. The first kappa shape index (κ1) is 13.7. The Morgan fingerprint density at radius 3 is 2.67 bits per heavy atom. The van der Waals surface area contributed by atoms with Crippen molar-refractivity contribution in [3.05, 3.63) is 0 Å². The number of hydrogen-bond donors (Lipinski definition) is 3. The van der Waals surface area contributed by atoms with Gasteiger partial charge in [-0.25, -0.2) is 4.79 Å². The van der Waals surface area contributed by atoms with Crippen LogP contribution in [0, 0.1) is 0 Å². The molecule has 3 N–H and O–H groups in total. The standard InChI is InChI=1S/C9H18N2O4/c1-3-15-6-4-5-10-9(14)11-7(2)8(12)13/h7H,3-6H2,1-2H3,(H,12,13)(H2,10,11,14)/t7-/m0/s1. The van der Waals surface area contributed by atoms with Crippen molar-refractivity contribution in [3.63, 3.8) is 0 Å². The molecule has 0 heterocycles. The summed E-state index contributed by atoms with van der Waals surface area (Å²) in [5.74, 6) is -1.06. The van der Waals surface area contributed by atoms with Crippen LogP contribution in [-0.4, -0.2) is 42.9 Å². The van der Waals surface area contributed by atoms with Gasteiger partial charge in [0.05, 0.1) is 0 Å². The number of nitrogens with one attached hydrogen (secondary N) is 2. The number of carbonyl (C=O) groups excluding carboxylic acids is 1. The van der Waals surface area contributed by atoms with E-state index in [0.717, 1.165) is 0 Å². The van der Waals surface area contributed by atoms with Crippen LogP contribution in [0.1, 0.15) is 20.3 Å². The van der Waals surface area contributed by atoms with Crippen LogP contribution in [0.3, 0.4) is 0 Å². The summed E-state index contributed by atoms with van der Waals surface area (Å²) in [6.45, 7) is 5.02. The minimum Gasteiger partial charge on any atom is -0.480 e. The van der Waals surface area contributed by atoms with Crippen LogP contribution in [0.25, 0.3) is 0 Å². The molecule has 0 bridgehead atoms. The van der Waals surface area contributed by atoms with Crippen molar-refractivity contribution in [3.8, 4) is 0 Å². The number of hydrogen-bond acceptors (Lipinski definition) is 3. The quantitative estimate of drug-likeness (QED) is 0.532. The summed E-state index contributed by atoms with van der Waals surface area (Å²) in [6.07, 6.45) is 0.711. The molecule has 0 aromatic carbocycles. The molecule has 15 heavy (non-hydrogen) atoms. The van der Waals surface area contributed by atoms with Crippen LogP contribution in [0.15, 0.2) is 0 Å². The fourth-order valence-electron chi connectivity index (χ4n) is 0.830. The number of carboxylic acid groups (broad SMARTS) is 1. The topological polar surface area (TPSA) is 87.7 Å². The fourth-order valence-corrected chi connectivity index (χ4v) is 0.830. The van der Waals surface area contributed by atoms with Crippen LogP contribution >= 0.6 is 0 Å². The molecule has 0 saturated carbocycles. The summed E-state index contributed by atoms with van der Waals surface area (Å²) in [7, 11) is 0. The average molecular weight is 218 g/mol. The van der Waals surface area contributed by atoms with Gasteiger partial charge in [-0.3, -0.25) is 4.79 Å². The van der Waals surface area contributed by atoms with Crippen molar-refractivity contribution in [2.75, 3.05) is 19.8 Å². The van der Waals surface area contributed by atoms with E-state index in [-0.39, 0.29) is 0 Å². The predicted octanol–water partition coefficient (Wildman–Crippen LogP) is 0.185. The van der Waals surface area contributed by atoms with Gasteiger partial charge >= 0.3 is 12.0 Å². The van der Waals surface area contributed by atoms with Crippen molar-refractivity contribution < 1.29 is 19.4 Å². The Morgan fingerprint density at radius 2 is 2.13 bits per heavy atom. The SMILES string of the molecule is CCOCCCNC(=O)N[C@@H](C)C(=O)O. The maximum atomic E-state index is 11.1. The van der Waals surface area contributed by atoms with Crippen LogP contribution in [0.2, 0.25) is 0 Å². The number of amides is 2. The average Bonchev–Trinajstić information content (AvgIpc) is 2.17. The summed E-state index contributed by atoms with van der Waals surface area (Å²) >= 11 is 0. The van der Waals surface area contributed by atoms with E-state index in [0.29, 0.717) is 26.2 Å². The van der Waals surface area contributed by atoms with E-state index in [1.54, 1.807) is 0 Å². The molecule has 0 unspecified atom stereocenters. The zero-order valence-electron chi connectivity index (χ0n) is 9.08. The van der Waals surface area contributed by atoms with Crippen LogP contribution in [0.4, 0.5) is 4.79 Å². The Kier molecular flexibility index (Phi) is 7.35. The summed E-state index contributed by atoms with van der Waals surface area (Å²) in [5, 5.41) is 13.3. The highest BCUT2D eigenvalue weighted by Gasteiger charge is 2.12. The van der Waals surface area contributed by atoms with Gasteiger partial charge in [0.2, 0.25) is 0 Å². The van der Waals surface area contributed by atoms with Gasteiger partial charge in [-0.15, -0.1) is 0 Å². The van der Waals surface area contributed by atoms with Gasteiger partial charge < -0.3 is 20.5 Å². The Hall–Kier alpha value is -1.30. The second-order valence-corrected chi connectivity index (χ2v) is 3.01. The lowest BCUT2D eigenvalue weighted by Crippen LogP contribution is -2.44. The van der Waals surface area contributed by atoms with Crippen LogP contribution < -0.4 is 10.6 Å². The first-order valence-electron chi connectivity index (χ1n) is 4.92. The van der Waals surface area contributed by atoms with Crippen LogP contribution in [-0.2, 0) is 9.53 Å². The number of aliphatic carboxylic acids is 1. The molecule has 0 aliphatic heterocycles. The molecule has 6 nitrogen and oxygen atoms in total. The van der Waals surface area contributed by atoms with Gasteiger partial charge in [-0.1, -0.05) is 0 Å². The normalized spacial score (nSPS) is 11.9. The van der Waals surface area contributed by atoms with E-state index >= 15 is 0 Å². The molecular formula is C9H18N2O4. The lowest BCUT2D eigenvalue weighted by atomic mass is 10.3. The molecule has 0 aliphatic rings. The molecule has 0 aromatic rings. The van der Waals surface area contributed by atoms with E-state index in [1.165, 1.54) is 6.92 Å². The zero-order chi connectivity index (χ0) is 11.7. The summed E-state index contributed by atoms with van der Waals surface area (Å²) in [6, 6.07) is -1.35. The Labute approximate surface area is 89.0 Å². The van der Waals surface area contributed by atoms with Gasteiger partial charge in [-0.2, -0.15) is 0 Å². The van der Waals surface area contributed by atoms with Gasteiger partial charge in [-0.05, 0) is 20.3 Å². The van der Waals surface area contributed by atoms with Crippen molar-refractivity contribution >= 4 is 12.0 Å². The van der Waals surface area contributed by atoms with Crippen LogP contribution in [0.5, 0.6) is 0 Å². The number of rotatable bonds is 7. The minimum atomic E-state index is -1.06. The van der Waals surface area contributed by atoms with Gasteiger partial charge in [0, 0.05) is 19.8 Å². The first-order valence-corrected chi connectivity index (χ1v) is 4.92. The highest BCUT2D eigenvalue weighted by molar-refractivity contribution is 5.82. The molecule has 0 aromatic heterocycles. The van der Waals surface area contributed by atoms with Crippen molar-refractivity contribution in [2.45, 2.75) is 26.3 Å². The highest BCUT2D eigenvalue weighted by Crippen LogP contribution is 1.83. The number of carboxylic acids is 1. The molecule has 0 saturated heterocycles.